The maximum Gasteiger partial charge on any atom is 0.322 e. The van der Waals surface area contributed by atoms with Crippen LogP contribution in [-0.2, 0) is 9.59 Å². The summed E-state index contributed by atoms with van der Waals surface area (Å²) in [5, 5.41) is 9.41. The largest absolute Gasteiger partial charge is 0.325 e. The van der Waals surface area contributed by atoms with Crippen LogP contribution in [0.4, 0.5) is 9.93 Å². The van der Waals surface area contributed by atoms with E-state index in [0.717, 1.165) is 16.8 Å². The number of benzene rings is 1. The predicted molar refractivity (Wildman–Crippen MR) is 86.0 cm³/mol. The van der Waals surface area contributed by atoms with Gasteiger partial charge in [0.05, 0.1) is 12.1 Å². The molecule has 8 heteroatoms. The summed E-state index contributed by atoms with van der Waals surface area (Å²) in [5.74, 6) is -0.873. The fourth-order valence-electron chi connectivity index (χ4n) is 2.15. The smallest absolute Gasteiger partial charge is 0.322 e. The lowest BCUT2D eigenvalue weighted by Crippen LogP contribution is -2.33. The number of aryl methyl sites for hydroxylation is 1. The second-order valence-corrected chi connectivity index (χ2v) is 6.03. The van der Waals surface area contributed by atoms with Gasteiger partial charge in [0.1, 0.15) is 6.04 Å². The molecular weight excluding hydrogens is 316 g/mol. The molecule has 23 heavy (non-hydrogen) atoms. The Bertz CT molecular complexity index is 769. The lowest BCUT2D eigenvalue weighted by atomic mass is 10.1. The van der Waals surface area contributed by atoms with E-state index in [4.69, 9.17) is 0 Å². The van der Waals surface area contributed by atoms with Crippen LogP contribution < -0.4 is 16.0 Å². The Kier molecular flexibility index (Phi) is 4.07. The summed E-state index contributed by atoms with van der Waals surface area (Å²) < 4.78 is 0. The minimum absolute atomic E-state index is 0.128. The minimum Gasteiger partial charge on any atom is -0.325 e. The third kappa shape index (κ3) is 3.54. The number of carbonyl (C=O) groups excluding carboxylic acids is 3. The number of nitrogens with one attached hydrogen (secondary N) is 3. The Morgan fingerprint density at radius 1 is 1.30 bits per heavy atom. The number of thiazole rings is 1. The molecule has 0 spiro atoms. The van der Waals surface area contributed by atoms with Crippen molar-refractivity contribution in [3.63, 3.8) is 0 Å². The number of urea groups is 1. The van der Waals surface area contributed by atoms with Crippen LogP contribution in [0.5, 0.6) is 0 Å². The summed E-state index contributed by atoms with van der Waals surface area (Å²) in [7, 11) is 0. The maximum atomic E-state index is 11.9. The molecule has 4 amide bonds. The van der Waals surface area contributed by atoms with Crippen molar-refractivity contribution in [3.05, 3.63) is 35.2 Å². The van der Waals surface area contributed by atoms with Crippen molar-refractivity contribution in [1.82, 2.24) is 15.6 Å². The maximum absolute atomic E-state index is 11.9. The molecule has 1 unspecified atom stereocenters. The summed E-state index contributed by atoms with van der Waals surface area (Å²) >= 11 is 1.31. The third-order valence-corrected chi connectivity index (χ3v) is 4.10. The molecule has 2 heterocycles. The first-order chi connectivity index (χ1) is 11.0. The predicted octanol–water partition coefficient (Wildman–Crippen LogP) is 1.66. The molecule has 0 saturated carbocycles. The van der Waals surface area contributed by atoms with Gasteiger partial charge in [-0.3, -0.25) is 14.9 Å². The van der Waals surface area contributed by atoms with Crippen molar-refractivity contribution in [3.8, 4) is 11.3 Å². The van der Waals surface area contributed by atoms with Crippen molar-refractivity contribution in [2.75, 3.05) is 5.32 Å². The van der Waals surface area contributed by atoms with Crippen molar-refractivity contribution in [2.45, 2.75) is 19.4 Å². The SMILES string of the molecule is Cc1ccc(-c2csc(NC(=O)CC3NC(=O)NC3=O)n2)cc1. The fourth-order valence-corrected chi connectivity index (χ4v) is 2.88. The Morgan fingerprint density at radius 2 is 2.04 bits per heavy atom. The molecule has 3 rings (SSSR count). The first-order valence-corrected chi connectivity index (χ1v) is 7.83. The van der Waals surface area contributed by atoms with Crippen LogP contribution in [0.2, 0.25) is 0 Å². The molecule has 0 radical (unpaired) electrons. The van der Waals surface area contributed by atoms with Gasteiger partial charge in [-0.1, -0.05) is 29.8 Å². The van der Waals surface area contributed by atoms with Gasteiger partial charge in [-0.15, -0.1) is 11.3 Å². The highest BCUT2D eigenvalue weighted by Gasteiger charge is 2.31. The monoisotopic (exact) mass is 330 g/mol. The molecule has 2 aromatic rings. The van der Waals surface area contributed by atoms with Crippen LogP contribution in [-0.4, -0.2) is 28.9 Å². The highest BCUT2D eigenvalue weighted by Crippen LogP contribution is 2.25. The molecule has 1 aromatic carbocycles. The van der Waals surface area contributed by atoms with E-state index >= 15 is 0 Å². The summed E-state index contributed by atoms with van der Waals surface area (Å²) in [5.41, 5.74) is 2.90. The first kappa shape index (κ1) is 15.2. The van der Waals surface area contributed by atoms with Gasteiger partial charge >= 0.3 is 6.03 Å². The molecule has 1 fully saturated rings. The molecule has 0 aliphatic carbocycles. The molecule has 0 bridgehead atoms. The number of hydrogen-bond donors (Lipinski definition) is 3. The number of carbonyl (C=O) groups is 3. The van der Waals surface area contributed by atoms with Gasteiger partial charge in [0.2, 0.25) is 5.91 Å². The Morgan fingerprint density at radius 3 is 2.70 bits per heavy atom. The number of hydrogen-bond acceptors (Lipinski definition) is 5. The summed E-state index contributed by atoms with van der Waals surface area (Å²) in [4.78, 5) is 38.7. The lowest BCUT2D eigenvalue weighted by molar-refractivity contribution is -0.124. The van der Waals surface area contributed by atoms with Crippen LogP contribution in [0.3, 0.4) is 0 Å². The van der Waals surface area contributed by atoms with E-state index in [0.29, 0.717) is 5.13 Å². The van der Waals surface area contributed by atoms with Gasteiger partial charge in [0.25, 0.3) is 5.91 Å². The van der Waals surface area contributed by atoms with Crippen LogP contribution >= 0.6 is 11.3 Å². The number of nitrogens with zero attached hydrogens (tertiary/aromatic N) is 1. The third-order valence-electron chi connectivity index (χ3n) is 3.35. The number of rotatable bonds is 4. The lowest BCUT2D eigenvalue weighted by Gasteiger charge is -2.06. The quantitative estimate of drug-likeness (QED) is 0.742. The van der Waals surface area contributed by atoms with Gasteiger partial charge < -0.3 is 10.6 Å². The number of aromatic nitrogens is 1. The molecule has 3 N–H and O–H groups in total. The molecule has 1 aliphatic heterocycles. The molecule has 1 atom stereocenters. The molecule has 1 saturated heterocycles. The Hall–Kier alpha value is -2.74. The van der Waals surface area contributed by atoms with Crippen molar-refractivity contribution in [1.29, 1.82) is 0 Å². The van der Waals surface area contributed by atoms with Crippen LogP contribution in [0.25, 0.3) is 11.3 Å². The van der Waals surface area contributed by atoms with Gasteiger partial charge in [0, 0.05) is 10.9 Å². The average Bonchev–Trinajstić information content (AvgIpc) is 3.07. The van der Waals surface area contributed by atoms with Crippen LogP contribution in [0.1, 0.15) is 12.0 Å². The topological polar surface area (TPSA) is 100 Å². The number of anilines is 1. The van der Waals surface area contributed by atoms with Gasteiger partial charge in [-0.25, -0.2) is 9.78 Å². The van der Waals surface area contributed by atoms with E-state index in [1.807, 2.05) is 36.6 Å². The van der Waals surface area contributed by atoms with Gasteiger partial charge in [-0.05, 0) is 6.92 Å². The molecule has 1 aliphatic rings. The van der Waals surface area contributed by atoms with Crippen LogP contribution in [0.15, 0.2) is 29.6 Å². The zero-order valence-corrected chi connectivity index (χ0v) is 13.1. The van der Waals surface area contributed by atoms with Crippen molar-refractivity contribution < 1.29 is 14.4 Å². The zero-order chi connectivity index (χ0) is 16.4. The second-order valence-electron chi connectivity index (χ2n) is 5.17. The zero-order valence-electron chi connectivity index (χ0n) is 12.3. The van der Waals surface area contributed by atoms with E-state index in [-0.39, 0.29) is 12.3 Å². The Balaban J connectivity index is 1.62. The molecule has 7 nitrogen and oxygen atoms in total. The first-order valence-electron chi connectivity index (χ1n) is 6.95. The summed E-state index contributed by atoms with van der Waals surface area (Å²) in [6, 6.07) is 6.51. The highest BCUT2D eigenvalue weighted by atomic mass is 32.1. The van der Waals surface area contributed by atoms with Gasteiger partial charge in [0.15, 0.2) is 5.13 Å². The standard InChI is InChI=1S/C15H14N4O3S/c1-8-2-4-9(5-3-8)11-7-23-15(17-11)18-12(20)6-10-13(21)19-14(22)16-10/h2-5,7,10H,6H2,1H3,(H,17,18,20)(H2,16,19,21,22). The average molecular weight is 330 g/mol. The van der Waals surface area contributed by atoms with E-state index in [2.05, 4.69) is 20.9 Å². The summed E-state index contributed by atoms with van der Waals surface area (Å²) in [6.07, 6.45) is -0.128. The van der Waals surface area contributed by atoms with Crippen molar-refractivity contribution >= 4 is 34.3 Å². The molecule has 118 valence electrons. The van der Waals surface area contributed by atoms with E-state index in [9.17, 15) is 14.4 Å². The van der Waals surface area contributed by atoms with Crippen molar-refractivity contribution in [2.24, 2.45) is 0 Å². The second kappa shape index (κ2) is 6.17. The number of amides is 4. The van der Waals surface area contributed by atoms with E-state index < -0.39 is 18.0 Å². The van der Waals surface area contributed by atoms with E-state index in [1.165, 1.54) is 11.3 Å². The summed E-state index contributed by atoms with van der Waals surface area (Å²) in [6.45, 7) is 2.01. The number of imide groups is 1. The van der Waals surface area contributed by atoms with Crippen LogP contribution in [0, 0.1) is 6.92 Å². The highest BCUT2D eigenvalue weighted by molar-refractivity contribution is 7.14. The fraction of sp³-hybridized carbons (Fsp3) is 0.200. The Labute approximate surface area is 136 Å². The minimum atomic E-state index is -0.834. The van der Waals surface area contributed by atoms with E-state index in [1.54, 1.807) is 0 Å². The normalized spacial score (nSPS) is 16.8. The molecule has 1 aromatic heterocycles. The molecular formula is C15H14N4O3S. The van der Waals surface area contributed by atoms with Gasteiger partial charge in [-0.2, -0.15) is 0 Å².